The molecule has 27 heavy (non-hydrogen) atoms. The molecule has 0 heterocycles. The maximum absolute atomic E-state index is 13.0. The van der Waals surface area contributed by atoms with Crippen LogP contribution in [0, 0.1) is 12.7 Å². The average Bonchev–Trinajstić information content (AvgIpc) is 2.63. The highest BCUT2D eigenvalue weighted by molar-refractivity contribution is 7.89. The van der Waals surface area contributed by atoms with Gasteiger partial charge in [-0.3, -0.25) is 0 Å². The predicted molar refractivity (Wildman–Crippen MR) is 99.7 cm³/mol. The lowest BCUT2D eigenvalue weighted by atomic mass is 10.2. The minimum atomic E-state index is -3.60. The Balaban J connectivity index is 1.61. The molecule has 2 aromatic rings. The van der Waals surface area contributed by atoms with Crippen LogP contribution in [0.2, 0.25) is 0 Å². The third-order valence-electron chi connectivity index (χ3n) is 3.49. The van der Waals surface area contributed by atoms with Crippen LogP contribution in [0.3, 0.4) is 0 Å². The number of carbonyl (C=O) groups excluding carboxylic acids is 1. The van der Waals surface area contributed by atoms with E-state index >= 15 is 0 Å². The topological polar surface area (TPSA) is 96.5 Å². The summed E-state index contributed by atoms with van der Waals surface area (Å²) in [5.41, 5.74) is 0.966. The van der Waals surface area contributed by atoms with Crippen molar-refractivity contribution in [2.45, 2.75) is 11.8 Å². The van der Waals surface area contributed by atoms with Crippen LogP contribution in [0.1, 0.15) is 5.56 Å². The van der Waals surface area contributed by atoms with Crippen LogP contribution in [0.25, 0.3) is 0 Å². The summed E-state index contributed by atoms with van der Waals surface area (Å²) >= 11 is 0. The van der Waals surface area contributed by atoms with E-state index in [-0.39, 0.29) is 31.1 Å². The number of hydrogen-bond donors (Lipinski definition) is 3. The Kier molecular flexibility index (Phi) is 7.56. The fraction of sp³-hybridized carbons (Fsp3) is 0.278. The van der Waals surface area contributed by atoms with Crippen LogP contribution < -0.4 is 20.1 Å². The highest BCUT2D eigenvalue weighted by Crippen LogP contribution is 2.11. The van der Waals surface area contributed by atoms with Crippen molar-refractivity contribution in [1.29, 1.82) is 0 Å². The summed E-state index contributed by atoms with van der Waals surface area (Å²) in [5, 5.41) is 5.09. The fourth-order valence-electron chi connectivity index (χ4n) is 2.11. The molecule has 0 unspecified atom stereocenters. The number of halogens is 1. The second-order valence-corrected chi connectivity index (χ2v) is 7.47. The summed E-state index contributed by atoms with van der Waals surface area (Å²) < 4.78 is 44.8. The number of sulfonamides is 1. The van der Waals surface area contributed by atoms with Gasteiger partial charge < -0.3 is 15.4 Å². The summed E-state index contributed by atoms with van der Waals surface area (Å²) in [6.07, 6.45) is 0. The molecule has 0 atom stereocenters. The maximum Gasteiger partial charge on any atom is 0.314 e. The Bertz CT molecular complexity index is 857. The smallest absolute Gasteiger partial charge is 0.314 e. The fourth-order valence-corrected chi connectivity index (χ4v) is 3.15. The molecule has 0 aliphatic rings. The number of ether oxygens (including phenoxy) is 1. The molecule has 0 aliphatic heterocycles. The van der Waals surface area contributed by atoms with Gasteiger partial charge in [0.2, 0.25) is 10.0 Å². The Morgan fingerprint density at radius 1 is 1.04 bits per heavy atom. The van der Waals surface area contributed by atoms with Crippen LogP contribution in [0.15, 0.2) is 53.4 Å². The second-order valence-electron chi connectivity index (χ2n) is 5.70. The lowest BCUT2D eigenvalue weighted by Gasteiger charge is -2.10. The number of urea groups is 1. The average molecular weight is 395 g/mol. The highest BCUT2D eigenvalue weighted by atomic mass is 32.2. The van der Waals surface area contributed by atoms with Gasteiger partial charge in [0.05, 0.1) is 11.4 Å². The zero-order valence-electron chi connectivity index (χ0n) is 14.9. The molecule has 0 radical (unpaired) electrons. The summed E-state index contributed by atoms with van der Waals surface area (Å²) in [4.78, 5) is 11.8. The Morgan fingerprint density at radius 2 is 1.74 bits per heavy atom. The van der Waals surface area contributed by atoms with E-state index in [0.717, 1.165) is 5.56 Å². The SMILES string of the molecule is Cc1ccc(S(=O)(=O)NCCNC(=O)NCCOc2cccc(F)c2)cc1. The first kappa shape index (κ1) is 20.7. The molecule has 0 saturated heterocycles. The van der Waals surface area contributed by atoms with Crippen LogP contribution in [0.4, 0.5) is 9.18 Å². The molecule has 9 heteroatoms. The monoisotopic (exact) mass is 395 g/mol. The second kappa shape index (κ2) is 9.89. The van der Waals surface area contributed by atoms with Gasteiger partial charge >= 0.3 is 6.03 Å². The van der Waals surface area contributed by atoms with E-state index in [9.17, 15) is 17.6 Å². The molecule has 0 spiro atoms. The molecule has 2 amide bonds. The molecule has 7 nitrogen and oxygen atoms in total. The number of amides is 2. The first-order chi connectivity index (χ1) is 12.9. The molecule has 2 rings (SSSR count). The number of benzene rings is 2. The number of carbonyl (C=O) groups is 1. The van der Waals surface area contributed by atoms with Crippen LogP contribution in [-0.4, -0.2) is 40.7 Å². The van der Waals surface area contributed by atoms with Gasteiger partial charge in [0, 0.05) is 19.2 Å². The van der Waals surface area contributed by atoms with Crippen molar-refractivity contribution in [3.8, 4) is 5.75 Å². The Hall–Kier alpha value is -2.65. The molecule has 146 valence electrons. The van der Waals surface area contributed by atoms with Gasteiger partial charge in [0.15, 0.2) is 0 Å². The summed E-state index contributed by atoms with van der Waals surface area (Å²) in [7, 11) is -3.60. The molecule has 3 N–H and O–H groups in total. The third kappa shape index (κ3) is 7.24. The maximum atomic E-state index is 13.0. The zero-order valence-corrected chi connectivity index (χ0v) is 15.7. The minimum absolute atomic E-state index is 0.0590. The first-order valence-corrected chi connectivity index (χ1v) is 9.81. The van der Waals surface area contributed by atoms with Gasteiger partial charge in [-0.1, -0.05) is 23.8 Å². The van der Waals surface area contributed by atoms with Crippen molar-refractivity contribution in [3.63, 3.8) is 0 Å². The molecule has 0 fully saturated rings. The molecule has 0 aromatic heterocycles. The molecular formula is C18H22FN3O4S. The van der Waals surface area contributed by atoms with Gasteiger partial charge in [-0.05, 0) is 31.2 Å². The van der Waals surface area contributed by atoms with Crippen molar-refractivity contribution >= 4 is 16.1 Å². The number of aryl methyl sites for hydroxylation is 1. The standard InChI is InChI=1S/C18H22FN3O4S/c1-14-5-7-17(8-6-14)27(24,25)22-10-9-20-18(23)21-11-12-26-16-4-2-3-15(19)13-16/h2-8,13,22H,9-12H2,1H3,(H2,20,21,23). The van der Waals surface area contributed by atoms with E-state index < -0.39 is 21.9 Å². The molecule has 2 aromatic carbocycles. The normalized spacial score (nSPS) is 11.0. The van der Waals surface area contributed by atoms with Gasteiger partial charge in [0.25, 0.3) is 0 Å². The van der Waals surface area contributed by atoms with Crippen molar-refractivity contribution in [2.24, 2.45) is 0 Å². The van der Waals surface area contributed by atoms with E-state index in [2.05, 4.69) is 15.4 Å². The van der Waals surface area contributed by atoms with Crippen molar-refractivity contribution in [1.82, 2.24) is 15.4 Å². The zero-order chi connectivity index (χ0) is 19.7. The Morgan fingerprint density at radius 3 is 2.44 bits per heavy atom. The van der Waals surface area contributed by atoms with Crippen molar-refractivity contribution in [2.75, 3.05) is 26.2 Å². The van der Waals surface area contributed by atoms with E-state index in [1.807, 2.05) is 6.92 Å². The minimum Gasteiger partial charge on any atom is -0.492 e. The summed E-state index contributed by atoms with van der Waals surface area (Å²) in [6.45, 7) is 2.45. The van der Waals surface area contributed by atoms with Crippen molar-refractivity contribution < 1.29 is 22.3 Å². The predicted octanol–water partition coefficient (Wildman–Crippen LogP) is 1.79. The quantitative estimate of drug-likeness (QED) is 0.564. The van der Waals surface area contributed by atoms with Gasteiger partial charge in [0.1, 0.15) is 18.2 Å². The molecule has 0 aliphatic carbocycles. The molecule has 0 saturated carbocycles. The molecule has 0 bridgehead atoms. The Labute approximate surface area is 158 Å². The van der Waals surface area contributed by atoms with E-state index in [1.165, 1.54) is 30.3 Å². The first-order valence-electron chi connectivity index (χ1n) is 8.33. The van der Waals surface area contributed by atoms with Gasteiger partial charge in [-0.2, -0.15) is 0 Å². The molecular weight excluding hydrogens is 373 g/mol. The van der Waals surface area contributed by atoms with Crippen LogP contribution in [0.5, 0.6) is 5.75 Å². The summed E-state index contributed by atoms with van der Waals surface area (Å²) in [6, 6.07) is 11.7. The van der Waals surface area contributed by atoms with E-state index in [4.69, 9.17) is 4.74 Å². The largest absolute Gasteiger partial charge is 0.492 e. The highest BCUT2D eigenvalue weighted by Gasteiger charge is 2.12. The number of hydrogen-bond acceptors (Lipinski definition) is 4. The van der Waals surface area contributed by atoms with E-state index in [1.54, 1.807) is 18.2 Å². The van der Waals surface area contributed by atoms with Crippen molar-refractivity contribution in [3.05, 3.63) is 59.9 Å². The lowest BCUT2D eigenvalue weighted by Crippen LogP contribution is -2.41. The summed E-state index contributed by atoms with van der Waals surface area (Å²) in [5.74, 6) is -0.0194. The van der Waals surface area contributed by atoms with Crippen LogP contribution >= 0.6 is 0 Å². The third-order valence-corrected chi connectivity index (χ3v) is 4.96. The van der Waals surface area contributed by atoms with Gasteiger partial charge in [-0.15, -0.1) is 0 Å². The lowest BCUT2D eigenvalue weighted by molar-refractivity contribution is 0.236. The van der Waals surface area contributed by atoms with E-state index in [0.29, 0.717) is 5.75 Å². The van der Waals surface area contributed by atoms with Crippen LogP contribution in [-0.2, 0) is 10.0 Å². The van der Waals surface area contributed by atoms with Gasteiger partial charge in [-0.25, -0.2) is 22.3 Å². The number of rotatable bonds is 9. The number of nitrogens with one attached hydrogen (secondary N) is 3.